The lowest BCUT2D eigenvalue weighted by molar-refractivity contribution is 0.0275. The Morgan fingerprint density at radius 3 is 2.55 bits per heavy atom. The Kier molecular flexibility index (Phi) is 4.17. The average molecular weight is 282 g/mol. The smallest absolute Gasteiger partial charge is 0.315 e. The number of hydrogen-bond donors (Lipinski definition) is 3. The summed E-state index contributed by atoms with van der Waals surface area (Å²) >= 11 is 0. The van der Waals surface area contributed by atoms with E-state index < -0.39 is 5.60 Å². The van der Waals surface area contributed by atoms with Crippen LogP contribution in [0.1, 0.15) is 57.8 Å². The van der Waals surface area contributed by atoms with Crippen molar-refractivity contribution < 1.29 is 14.6 Å². The van der Waals surface area contributed by atoms with Crippen molar-refractivity contribution >= 4 is 6.03 Å². The molecule has 20 heavy (non-hydrogen) atoms. The molecular weight excluding hydrogens is 256 g/mol. The fourth-order valence-electron chi connectivity index (χ4n) is 3.82. The Bertz CT molecular complexity index is 353. The van der Waals surface area contributed by atoms with Crippen LogP contribution in [0.5, 0.6) is 0 Å². The molecule has 0 aromatic heterocycles. The second-order valence-corrected chi connectivity index (χ2v) is 6.68. The van der Waals surface area contributed by atoms with Crippen molar-refractivity contribution in [1.29, 1.82) is 0 Å². The number of ether oxygens (including phenoxy) is 1. The zero-order valence-corrected chi connectivity index (χ0v) is 12.1. The van der Waals surface area contributed by atoms with Gasteiger partial charge in [0.05, 0.1) is 23.9 Å². The molecule has 2 aliphatic heterocycles. The Morgan fingerprint density at radius 2 is 1.95 bits per heavy atom. The predicted octanol–water partition coefficient (Wildman–Crippen LogP) is 1.69. The van der Waals surface area contributed by atoms with E-state index in [1.165, 1.54) is 12.8 Å². The van der Waals surface area contributed by atoms with Gasteiger partial charge in [0.25, 0.3) is 0 Å². The molecule has 0 spiro atoms. The first kappa shape index (κ1) is 14.1. The number of hydrogen-bond acceptors (Lipinski definition) is 3. The molecule has 2 saturated heterocycles. The van der Waals surface area contributed by atoms with Gasteiger partial charge in [-0.15, -0.1) is 0 Å². The van der Waals surface area contributed by atoms with Crippen molar-refractivity contribution in [1.82, 2.24) is 10.6 Å². The van der Waals surface area contributed by atoms with Gasteiger partial charge in [0, 0.05) is 6.54 Å². The number of fused-ring (bicyclic) bond motifs is 2. The van der Waals surface area contributed by atoms with Gasteiger partial charge in [0.15, 0.2) is 0 Å². The number of nitrogens with one attached hydrogen (secondary N) is 2. The Labute approximate surface area is 120 Å². The van der Waals surface area contributed by atoms with Gasteiger partial charge in [-0.3, -0.25) is 0 Å². The van der Waals surface area contributed by atoms with Crippen LogP contribution in [-0.4, -0.2) is 41.5 Å². The van der Waals surface area contributed by atoms with Crippen molar-refractivity contribution in [2.45, 2.75) is 81.6 Å². The van der Waals surface area contributed by atoms with Crippen LogP contribution in [0.2, 0.25) is 0 Å². The second-order valence-electron chi connectivity index (χ2n) is 6.68. The van der Waals surface area contributed by atoms with E-state index in [0.717, 1.165) is 44.9 Å². The zero-order chi connectivity index (χ0) is 14.0. The van der Waals surface area contributed by atoms with E-state index in [2.05, 4.69) is 10.6 Å². The number of rotatable bonds is 3. The normalized spacial score (nSPS) is 35.5. The van der Waals surface area contributed by atoms with Crippen molar-refractivity contribution in [2.75, 3.05) is 6.54 Å². The van der Waals surface area contributed by atoms with Crippen LogP contribution in [0.15, 0.2) is 0 Å². The van der Waals surface area contributed by atoms with Crippen molar-refractivity contribution in [2.24, 2.45) is 0 Å². The van der Waals surface area contributed by atoms with Gasteiger partial charge >= 0.3 is 6.03 Å². The number of carbonyl (C=O) groups is 1. The molecule has 3 fully saturated rings. The summed E-state index contributed by atoms with van der Waals surface area (Å²) in [6.45, 7) is 0.362. The maximum atomic E-state index is 12.0. The number of aliphatic hydroxyl groups is 1. The van der Waals surface area contributed by atoms with E-state index in [1.54, 1.807) is 0 Å². The largest absolute Gasteiger partial charge is 0.388 e. The molecule has 2 heterocycles. The number of amides is 2. The van der Waals surface area contributed by atoms with E-state index in [1.807, 2.05) is 0 Å². The van der Waals surface area contributed by atoms with E-state index in [-0.39, 0.29) is 18.2 Å². The third-order valence-electron chi connectivity index (χ3n) is 5.03. The predicted molar refractivity (Wildman–Crippen MR) is 75.5 cm³/mol. The Hall–Kier alpha value is -0.810. The lowest BCUT2D eigenvalue weighted by atomic mass is 9.94. The maximum absolute atomic E-state index is 12.0. The van der Waals surface area contributed by atoms with Gasteiger partial charge in [-0.2, -0.15) is 0 Å². The summed E-state index contributed by atoms with van der Waals surface area (Å²) < 4.78 is 5.72. The van der Waals surface area contributed by atoms with Gasteiger partial charge in [-0.25, -0.2) is 4.79 Å². The lowest BCUT2D eigenvalue weighted by Gasteiger charge is -2.27. The molecule has 3 atom stereocenters. The van der Waals surface area contributed by atoms with Crippen molar-refractivity contribution in [3.05, 3.63) is 0 Å². The first-order chi connectivity index (χ1) is 9.65. The van der Waals surface area contributed by atoms with Gasteiger partial charge in [-0.05, 0) is 32.1 Å². The second kappa shape index (κ2) is 5.90. The summed E-state index contributed by atoms with van der Waals surface area (Å²) in [5.41, 5.74) is -0.709. The molecule has 5 nitrogen and oxygen atoms in total. The van der Waals surface area contributed by atoms with Gasteiger partial charge in [-0.1, -0.05) is 25.7 Å². The molecular formula is C15H26N2O3. The van der Waals surface area contributed by atoms with E-state index in [4.69, 9.17) is 4.74 Å². The van der Waals surface area contributed by atoms with Crippen LogP contribution in [0.4, 0.5) is 4.79 Å². The molecule has 2 amide bonds. The van der Waals surface area contributed by atoms with Gasteiger partial charge in [0.2, 0.25) is 0 Å². The Balaban J connectivity index is 1.42. The molecule has 2 bridgehead atoms. The summed E-state index contributed by atoms with van der Waals surface area (Å²) in [5, 5.41) is 16.3. The highest BCUT2D eigenvalue weighted by Gasteiger charge is 2.41. The lowest BCUT2D eigenvalue weighted by Crippen LogP contribution is -2.50. The first-order valence-corrected chi connectivity index (χ1v) is 8.07. The topological polar surface area (TPSA) is 70.6 Å². The fraction of sp³-hybridized carbons (Fsp3) is 0.933. The van der Waals surface area contributed by atoms with E-state index >= 15 is 0 Å². The van der Waals surface area contributed by atoms with Crippen LogP contribution in [0.3, 0.4) is 0 Å². The third-order valence-corrected chi connectivity index (χ3v) is 5.03. The molecule has 3 aliphatic rings. The standard InChI is InChI=1S/C15H26N2O3/c18-14(17-12-9-11-5-6-13(12)20-11)16-10-15(19)7-3-1-2-4-8-15/h11-13,19H,1-10H2,(H2,16,17,18). The van der Waals surface area contributed by atoms with E-state index in [9.17, 15) is 9.90 Å². The minimum Gasteiger partial charge on any atom is -0.388 e. The average Bonchev–Trinajstić information content (AvgIpc) is 2.97. The number of carbonyl (C=O) groups excluding carboxylic acids is 1. The molecule has 3 unspecified atom stereocenters. The minimum absolute atomic E-state index is 0.150. The summed E-state index contributed by atoms with van der Waals surface area (Å²) in [5.74, 6) is 0. The SMILES string of the molecule is O=C(NCC1(O)CCCCCC1)NC1CC2CCC1O2. The van der Waals surface area contributed by atoms with Crippen molar-refractivity contribution in [3.8, 4) is 0 Å². The van der Waals surface area contributed by atoms with Crippen molar-refractivity contribution in [3.63, 3.8) is 0 Å². The summed E-state index contributed by atoms with van der Waals surface area (Å²) in [6, 6.07) is -0.0126. The molecule has 3 N–H and O–H groups in total. The van der Waals surface area contributed by atoms with Crippen LogP contribution < -0.4 is 10.6 Å². The first-order valence-electron chi connectivity index (χ1n) is 8.07. The summed E-state index contributed by atoms with van der Waals surface area (Å²) in [7, 11) is 0. The number of urea groups is 1. The van der Waals surface area contributed by atoms with Crippen LogP contribution in [-0.2, 0) is 4.74 Å². The quantitative estimate of drug-likeness (QED) is 0.690. The summed E-state index contributed by atoms with van der Waals surface area (Å²) in [6.07, 6.45) is 9.75. The van der Waals surface area contributed by atoms with Gasteiger partial charge in [0.1, 0.15) is 0 Å². The van der Waals surface area contributed by atoms with Crippen LogP contribution >= 0.6 is 0 Å². The maximum Gasteiger partial charge on any atom is 0.315 e. The highest BCUT2D eigenvalue weighted by Crippen LogP contribution is 2.34. The summed E-state index contributed by atoms with van der Waals surface area (Å²) in [4.78, 5) is 12.0. The molecule has 1 saturated carbocycles. The molecule has 0 aromatic rings. The third kappa shape index (κ3) is 3.26. The Morgan fingerprint density at radius 1 is 1.20 bits per heavy atom. The molecule has 0 aromatic carbocycles. The monoisotopic (exact) mass is 282 g/mol. The molecule has 114 valence electrons. The minimum atomic E-state index is -0.709. The molecule has 1 aliphatic carbocycles. The van der Waals surface area contributed by atoms with Crippen LogP contribution in [0.25, 0.3) is 0 Å². The molecule has 3 rings (SSSR count). The highest BCUT2D eigenvalue weighted by molar-refractivity contribution is 5.74. The van der Waals surface area contributed by atoms with Gasteiger partial charge < -0.3 is 20.5 Å². The van der Waals surface area contributed by atoms with Crippen LogP contribution in [0, 0.1) is 0 Å². The fourth-order valence-corrected chi connectivity index (χ4v) is 3.82. The molecule has 0 radical (unpaired) electrons. The zero-order valence-electron chi connectivity index (χ0n) is 12.1. The van der Waals surface area contributed by atoms with E-state index in [0.29, 0.717) is 12.6 Å². The molecule has 5 heteroatoms. The highest BCUT2D eigenvalue weighted by atomic mass is 16.5.